The molecule has 0 aliphatic carbocycles. The molecule has 3 rings (SSSR count). The third kappa shape index (κ3) is 5.62. The number of nitro groups is 1. The lowest BCUT2D eigenvalue weighted by Crippen LogP contribution is -2.42. The van der Waals surface area contributed by atoms with Gasteiger partial charge in [-0.3, -0.25) is 14.9 Å². The number of hydrogen-bond acceptors (Lipinski definition) is 7. The van der Waals surface area contributed by atoms with E-state index in [0.29, 0.717) is 11.3 Å². The predicted molar refractivity (Wildman–Crippen MR) is 106 cm³/mol. The van der Waals surface area contributed by atoms with E-state index in [1.165, 1.54) is 65.5 Å². The Morgan fingerprint density at radius 1 is 1.19 bits per heavy atom. The zero-order valence-corrected chi connectivity index (χ0v) is 16.1. The SMILES string of the molecule is O=C(NC(CO)C(O)c1ccc([N+](=O)[O-])cc1)c1ccn(COc2ccc(F)cc2)n1. The van der Waals surface area contributed by atoms with Crippen molar-refractivity contribution in [1.29, 1.82) is 0 Å². The van der Waals surface area contributed by atoms with Crippen LogP contribution in [0.25, 0.3) is 0 Å². The molecular formula is C20H19FN4O6. The number of amides is 1. The van der Waals surface area contributed by atoms with Crippen LogP contribution in [0.5, 0.6) is 5.75 Å². The van der Waals surface area contributed by atoms with Crippen LogP contribution in [0.1, 0.15) is 22.2 Å². The maximum absolute atomic E-state index is 12.9. The predicted octanol–water partition coefficient (Wildman–Crippen LogP) is 1.79. The fourth-order valence-electron chi connectivity index (χ4n) is 2.72. The Kier molecular flexibility index (Phi) is 6.90. The Labute approximate surface area is 175 Å². The maximum atomic E-state index is 12.9. The molecule has 0 saturated heterocycles. The van der Waals surface area contributed by atoms with Gasteiger partial charge in [0.25, 0.3) is 11.6 Å². The number of benzene rings is 2. The number of nitro benzene ring substituents is 1. The highest BCUT2D eigenvalue weighted by Crippen LogP contribution is 2.20. The van der Waals surface area contributed by atoms with Crippen molar-refractivity contribution in [2.45, 2.75) is 18.9 Å². The number of carbonyl (C=O) groups is 1. The molecule has 0 aliphatic heterocycles. The second kappa shape index (κ2) is 9.78. The molecule has 2 unspecified atom stereocenters. The van der Waals surface area contributed by atoms with Crippen molar-refractivity contribution in [2.75, 3.05) is 6.61 Å². The topological polar surface area (TPSA) is 140 Å². The minimum Gasteiger partial charge on any atom is -0.471 e. The average Bonchev–Trinajstić information content (AvgIpc) is 3.26. The first kappa shape index (κ1) is 21.9. The highest BCUT2D eigenvalue weighted by Gasteiger charge is 2.24. The lowest BCUT2D eigenvalue weighted by molar-refractivity contribution is -0.384. The molecule has 1 heterocycles. The molecule has 0 bridgehead atoms. The number of halogens is 1. The third-order valence-electron chi connectivity index (χ3n) is 4.39. The number of rotatable bonds is 9. The van der Waals surface area contributed by atoms with Gasteiger partial charge in [0.1, 0.15) is 23.4 Å². The Hall–Kier alpha value is -3.83. The fourth-order valence-corrected chi connectivity index (χ4v) is 2.72. The van der Waals surface area contributed by atoms with Crippen LogP contribution in [-0.2, 0) is 6.73 Å². The summed E-state index contributed by atoms with van der Waals surface area (Å²) in [5, 5.41) is 37.3. The summed E-state index contributed by atoms with van der Waals surface area (Å²) in [6.07, 6.45) is 0.206. The standard InChI is InChI=1S/C20H19FN4O6/c21-14-3-7-16(8-4-14)31-12-24-10-9-17(23-24)20(28)22-18(11-26)19(27)13-1-5-15(6-2-13)25(29)30/h1-10,18-19,26-27H,11-12H2,(H,22,28). The molecule has 3 aromatic rings. The number of aliphatic hydroxyl groups excluding tert-OH is 2. The molecule has 31 heavy (non-hydrogen) atoms. The zero-order chi connectivity index (χ0) is 22.4. The second-order valence-electron chi connectivity index (χ2n) is 6.52. The van der Waals surface area contributed by atoms with Crippen molar-refractivity contribution in [2.24, 2.45) is 0 Å². The van der Waals surface area contributed by atoms with Crippen LogP contribution in [0.3, 0.4) is 0 Å². The van der Waals surface area contributed by atoms with E-state index >= 15 is 0 Å². The quantitative estimate of drug-likeness (QED) is 0.347. The fraction of sp³-hybridized carbons (Fsp3) is 0.200. The number of hydrogen-bond donors (Lipinski definition) is 3. The number of nitrogens with one attached hydrogen (secondary N) is 1. The van der Waals surface area contributed by atoms with Crippen LogP contribution in [0.15, 0.2) is 60.8 Å². The molecule has 11 heteroatoms. The largest absolute Gasteiger partial charge is 0.471 e. The summed E-state index contributed by atoms with van der Waals surface area (Å²) >= 11 is 0. The number of non-ortho nitro benzene ring substituents is 1. The van der Waals surface area contributed by atoms with Gasteiger partial charge < -0.3 is 20.3 Å². The van der Waals surface area contributed by atoms with Crippen LogP contribution in [0.4, 0.5) is 10.1 Å². The smallest absolute Gasteiger partial charge is 0.272 e. The highest BCUT2D eigenvalue weighted by atomic mass is 19.1. The van der Waals surface area contributed by atoms with Crippen molar-refractivity contribution in [3.8, 4) is 5.75 Å². The molecule has 2 aromatic carbocycles. The normalized spacial score (nSPS) is 12.7. The molecule has 162 valence electrons. The van der Waals surface area contributed by atoms with E-state index in [2.05, 4.69) is 10.4 Å². The molecule has 0 saturated carbocycles. The summed E-state index contributed by atoms with van der Waals surface area (Å²) in [4.78, 5) is 22.6. The molecule has 1 aromatic heterocycles. The molecule has 2 atom stereocenters. The highest BCUT2D eigenvalue weighted by molar-refractivity contribution is 5.92. The van der Waals surface area contributed by atoms with Crippen molar-refractivity contribution in [3.63, 3.8) is 0 Å². The lowest BCUT2D eigenvalue weighted by Gasteiger charge is -2.22. The van der Waals surface area contributed by atoms with Crippen molar-refractivity contribution in [3.05, 3.63) is 88.0 Å². The van der Waals surface area contributed by atoms with Gasteiger partial charge in [0.05, 0.1) is 17.6 Å². The molecule has 0 radical (unpaired) electrons. The van der Waals surface area contributed by atoms with Crippen molar-refractivity contribution < 1.29 is 29.1 Å². The van der Waals surface area contributed by atoms with E-state index in [-0.39, 0.29) is 23.9 Å². The Balaban J connectivity index is 1.60. The van der Waals surface area contributed by atoms with Crippen molar-refractivity contribution >= 4 is 11.6 Å². The minimum absolute atomic E-state index is 0.0201. The van der Waals surface area contributed by atoms with E-state index in [0.717, 1.165) is 0 Å². The summed E-state index contributed by atoms with van der Waals surface area (Å²) in [6.45, 7) is -0.591. The van der Waals surface area contributed by atoms with E-state index in [1.54, 1.807) is 0 Å². The molecule has 3 N–H and O–H groups in total. The number of carbonyl (C=O) groups excluding carboxylic acids is 1. The van der Waals surface area contributed by atoms with Gasteiger partial charge in [-0.25, -0.2) is 9.07 Å². The first-order valence-corrected chi connectivity index (χ1v) is 9.13. The summed E-state index contributed by atoms with van der Waals surface area (Å²) < 4.78 is 19.7. The van der Waals surface area contributed by atoms with Gasteiger partial charge >= 0.3 is 0 Å². The van der Waals surface area contributed by atoms with Gasteiger partial charge in [-0.05, 0) is 48.0 Å². The monoisotopic (exact) mass is 430 g/mol. The van der Waals surface area contributed by atoms with Crippen LogP contribution in [-0.4, -0.2) is 43.5 Å². The van der Waals surface area contributed by atoms with Gasteiger partial charge in [0.15, 0.2) is 6.73 Å². The lowest BCUT2D eigenvalue weighted by atomic mass is 10.0. The first-order chi connectivity index (χ1) is 14.9. The first-order valence-electron chi connectivity index (χ1n) is 9.13. The Morgan fingerprint density at radius 2 is 1.87 bits per heavy atom. The number of aromatic nitrogens is 2. The zero-order valence-electron chi connectivity index (χ0n) is 16.1. The van der Waals surface area contributed by atoms with Gasteiger partial charge in [-0.2, -0.15) is 5.10 Å². The van der Waals surface area contributed by atoms with Gasteiger partial charge in [-0.15, -0.1) is 0 Å². The summed E-state index contributed by atoms with van der Waals surface area (Å²) in [6, 6.07) is 10.9. The van der Waals surface area contributed by atoms with E-state index in [1.807, 2.05) is 0 Å². The van der Waals surface area contributed by atoms with Gasteiger partial charge in [0.2, 0.25) is 0 Å². The van der Waals surface area contributed by atoms with Crippen LogP contribution >= 0.6 is 0 Å². The summed E-state index contributed by atoms with van der Waals surface area (Å²) in [5.74, 6) is -0.602. The summed E-state index contributed by atoms with van der Waals surface area (Å²) in [5.41, 5.74) is 0.175. The summed E-state index contributed by atoms with van der Waals surface area (Å²) in [7, 11) is 0. The molecule has 0 spiro atoms. The number of ether oxygens (including phenoxy) is 1. The van der Waals surface area contributed by atoms with Crippen molar-refractivity contribution in [1.82, 2.24) is 15.1 Å². The van der Waals surface area contributed by atoms with E-state index in [9.17, 15) is 29.5 Å². The third-order valence-corrected chi connectivity index (χ3v) is 4.39. The average molecular weight is 430 g/mol. The second-order valence-corrected chi connectivity index (χ2v) is 6.52. The maximum Gasteiger partial charge on any atom is 0.272 e. The van der Waals surface area contributed by atoms with Gasteiger partial charge in [0, 0.05) is 18.3 Å². The number of nitrogens with zero attached hydrogens (tertiary/aromatic N) is 3. The van der Waals surface area contributed by atoms with Crippen LogP contribution in [0.2, 0.25) is 0 Å². The minimum atomic E-state index is -1.29. The molecular weight excluding hydrogens is 411 g/mol. The molecule has 0 fully saturated rings. The number of aliphatic hydroxyl groups is 2. The van der Waals surface area contributed by atoms with E-state index < -0.39 is 29.6 Å². The van der Waals surface area contributed by atoms with Gasteiger partial charge in [-0.1, -0.05) is 0 Å². The van der Waals surface area contributed by atoms with Crippen LogP contribution < -0.4 is 10.1 Å². The van der Waals surface area contributed by atoms with E-state index in [4.69, 9.17) is 4.74 Å². The Morgan fingerprint density at radius 3 is 2.48 bits per heavy atom. The molecule has 0 aliphatic rings. The van der Waals surface area contributed by atoms with Crippen LogP contribution in [0, 0.1) is 15.9 Å². The molecule has 10 nitrogen and oxygen atoms in total. The molecule has 1 amide bonds. The Bertz CT molecular complexity index is 1040.